The van der Waals surface area contributed by atoms with Crippen LogP contribution in [0.1, 0.15) is 76.8 Å². The summed E-state index contributed by atoms with van der Waals surface area (Å²) in [4.78, 5) is 18.3. The van der Waals surface area contributed by atoms with Crippen molar-refractivity contribution >= 4 is 8.60 Å². The zero-order valence-electron chi connectivity index (χ0n) is 14.5. The fourth-order valence-corrected chi connectivity index (χ4v) is 3.12. The van der Waals surface area contributed by atoms with Gasteiger partial charge in [-0.1, -0.05) is 53.7 Å². The van der Waals surface area contributed by atoms with Crippen molar-refractivity contribution in [2.45, 2.75) is 72.3 Å². The Kier molecular flexibility index (Phi) is 5.61. The molecule has 1 rings (SSSR count). The van der Waals surface area contributed by atoms with E-state index in [0.29, 0.717) is 0 Å². The highest BCUT2D eigenvalue weighted by molar-refractivity contribution is 7.39. The lowest BCUT2D eigenvalue weighted by Crippen LogP contribution is -2.21. The summed E-state index contributed by atoms with van der Waals surface area (Å²) in [7, 11) is -2.35. The molecule has 0 aliphatic heterocycles. The molecule has 1 aromatic carbocycles. The fourth-order valence-electron chi connectivity index (χ4n) is 2.72. The first-order valence-corrected chi connectivity index (χ1v) is 8.50. The van der Waals surface area contributed by atoms with Gasteiger partial charge in [0.25, 0.3) is 0 Å². The van der Waals surface area contributed by atoms with E-state index < -0.39 is 8.60 Å². The van der Waals surface area contributed by atoms with Crippen LogP contribution in [-0.2, 0) is 15.4 Å². The Morgan fingerprint density at radius 3 is 1.81 bits per heavy atom. The summed E-state index contributed by atoms with van der Waals surface area (Å²) < 4.78 is 5.23. The molecule has 0 saturated heterocycles. The third kappa shape index (κ3) is 4.75. The van der Waals surface area contributed by atoms with Crippen molar-refractivity contribution in [1.82, 2.24) is 0 Å². The van der Waals surface area contributed by atoms with Gasteiger partial charge in [-0.2, -0.15) is 0 Å². The topological polar surface area (TPSA) is 49.7 Å². The van der Waals surface area contributed by atoms with Crippen LogP contribution >= 0.6 is 8.60 Å². The van der Waals surface area contributed by atoms with Gasteiger partial charge in [0.2, 0.25) is 0 Å². The lowest BCUT2D eigenvalue weighted by Gasteiger charge is -2.31. The summed E-state index contributed by atoms with van der Waals surface area (Å²) in [5.41, 5.74) is 4.80. The highest BCUT2D eigenvalue weighted by atomic mass is 31.2. The summed E-state index contributed by atoms with van der Waals surface area (Å²) >= 11 is 0. The number of rotatable bonds is 3. The summed E-state index contributed by atoms with van der Waals surface area (Å²) in [5, 5.41) is 0. The van der Waals surface area contributed by atoms with Crippen LogP contribution in [0.5, 0.6) is 0 Å². The summed E-state index contributed by atoms with van der Waals surface area (Å²) in [6.45, 7) is 17.1. The maximum atomic E-state index is 9.13. The number of hydrogen-bond donors (Lipinski definition) is 2. The van der Waals surface area contributed by atoms with Gasteiger partial charge >= 0.3 is 8.60 Å². The van der Waals surface area contributed by atoms with Gasteiger partial charge in [0.05, 0.1) is 6.10 Å². The molecule has 0 bridgehead atoms. The molecule has 1 aromatic rings. The van der Waals surface area contributed by atoms with Gasteiger partial charge in [0.1, 0.15) is 0 Å². The molecule has 0 aromatic heterocycles. The van der Waals surface area contributed by atoms with Crippen molar-refractivity contribution < 1.29 is 14.3 Å². The second-order valence-electron chi connectivity index (χ2n) is 7.75. The molecule has 0 spiro atoms. The van der Waals surface area contributed by atoms with Crippen LogP contribution in [0.25, 0.3) is 0 Å². The first kappa shape index (κ1) is 18.6. The third-order valence-electron chi connectivity index (χ3n) is 3.70. The molecule has 1 atom stereocenters. The predicted molar refractivity (Wildman–Crippen MR) is 89.4 cm³/mol. The molecule has 1 unspecified atom stereocenters. The van der Waals surface area contributed by atoms with Crippen LogP contribution in [0.15, 0.2) is 12.1 Å². The molecule has 0 aliphatic rings. The van der Waals surface area contributed by atoms with Gasteiger partial charge in [-0.15, -0.1) is 0 Å². The standard InChI is InChI=1S/C17H29O3P/c1-11-9-13(12(2)20-21(18)19)15(17(6,7)8)10-14(11)16(3,4)5/h9-10,12,18-19H,1-8H3. The van der Waals surface area contributed by atoms with Crippen LogP contribution in [0.2, 0.25) is 0 Å². The van der Waals surface area contributed by atoms with Crippen LogP contribution in [0.4, 0.5) is 0 Å². The van der Waals surface area contributed by atoms with Crippen LogP contribution < -0.4 is 0 Å². The van der Waals surface area contributed by atoms with E-state index in [1.54, 1.807) is 0 Å². The Bertz CT molecular complexity index is 496. The molecule has 120 valence electrons. The maximum Gasteiger partial charge on any atom is 0.327 e. The predicted octanol–water partition coefficient (Wildman–Crippen LogP) is 4.88. The van der Waals surface area contributed by atoms with Gasteiger partial charge < -0.3 is 14.3 Å². The first-order valence-electron chi connectivity index (χ1n) is 7.34. The van der Waals surface area contributed by atoms with E-state index in [2.05, 4.69) is 60.6 Å². The first-order chi connectivity index (χ1) is 9.34. The summed E-state index contributed by atoms with van der Waals surface area (Å²) in [6, 6.07) is 4.38. The Morgan fingerprint density at radius 2 is 1.43 bits per heavy atom. The maximum absolute atomic E-state index is 9.13. The second kappa shape index (κ2) is 6.34. The molecule has 2 N–H and O–H groups in total. The lowest BCUT2D eigenvalue weighted by molar-refractivity contribution is 0.186. The highest BCUT2D eigenvalue weighted by Gasteiger charge is 2.27. The zero-order chi connectivity index (χ0) is 16.6. The Morgan fingerprint density at radius 1 is 0.952 bits per heavy atom. The van der Waals surface area contributed by atoms with Gasteiger partial charge in [0, 0.05) is 0 Å². The minimum absolute atomic E-state index is 0.0334. The van der Waals surface area contributed by atoms with Crippen molar-refractivity contribution in [2.24, 2.45) is 0 Å². The largest absolute Gasteiger partial charge is 0.328 e. The van der Waals surface area contributed by atoms with Gasteiger partial charge in [0.15, 0.2) is 0 Å². The van der Waals surface area contributed by atoms with Crippen molar-refractivity contribution in [3.63, 3.8) is 0 Å². The molecular formula is C17H29O3P. The minimum atomic E-state index is -2.35. The van der Waals surface area contributed by atoms with E-state index in [1.165, 1.54) is 16.7 Å². The molecule has 0 heterocycles. The van der Waals surface area contributed by atoms with E-state index in [1.807, 2.05) is 6.92 Å². The third-order valence-corrected chi connectivity index (χ3v) is 4.21. The van der Waals surface area contributed by atoms with Crippen LogP contribution in [-0.4, -0.2) is 9.79 Å². The molecule has 0 aliphatic carbocycles. The zero-order valence-corrected chi connectivity index (χ0v) is 15.4. The Labute approximate surface area is 130 Å². The fraction of sp³-hybridized carbons (Fsp3) is 0.647. The monoisotopic (exact) mass is 312 g/mol. The number of hydrogen-bond acceptors (Lipinski definition) is 3. The molecule has 0 amide bonds. The number of benzene rings is 1. The molecule has 0 fully saturated rings. The van der Waals surface area contributed by atoms with E-state index in [0.717, 1.165) is 5.56 Å². The van der Waals surface area contributed by atoms with Crippen molar-refractivity contribution in [3.05, 3.63) is 34.4 Å². The van der Waals surface area contributed by atoms with E-state index in [9.17, 15) is 0 Å². The minimum Gasteiger partial charge on any atom is -0.328 e. The molecule has 21 heavy (non-hydrogen) atoms. The summed E-state index contributed by atoms with van der Waals surface area (Å²) in [5.74, 6) is 0. The Hall–Kier alpha value is -0.470. The lowest BCUT2D eigenvalue weighted by atomic mass is 9.76. The van der Waals surface area contributed by atoms with E-state index in [4.69, 9.17) is 14.3 Å². The quantitative estimate of drug-likeness (QED) is 0.782. The average Bonchev–Trinajstić information content (AvgIpc) is 2.23. The van der Waals surface area contributed by atoms with Crippen LogP contribution in [0, 0.1) is 6.92 Å². The Balaban J connectivity index is 3.47. The van der Waals surface area contributed by atoms with Gasteiger partial charge in [-0.05, 0) is 46.9 Å². The smallest absolute Gasteiger partial charge is 0.327 e. The van der Waals surface area contributed by atoms with Crippen molar-refractivity contribution in [1.29, 1.82) is 0 Å². The molecule has 3 nitrogen and oxygen atoms in total. The second-order valence-corrected chi connectivity index (χ2v) is 8.47. The van der Waals surface area contributed by atoms with Gasteiger partial charge in [-0.25, -0.2) is 0 Å². The molecule has 0 saturated carbocycles. The molecule has 0 radical (unpaired) electrons. The van der Waals surface area contributed by atoms with E-state index in [-0.39, 0.29) is 16.9 Å². The normalized spacial score (nSPS) is 14.6. The number of aryl methyl sites for hydroxylation is 1. The summed E-state index contributed by atoms with van der Waals surface area (Å²) in [6.07, 6.45) is -0.340. The van der Waals surface area contributed by atoms with Crippen molar-refractivity contribution in [3.8, 4) is 0 Å². The molecule has 4 heteroatoms. The van der Waals surface area contributed by atoms with E-state index >= 15 is 0 Å². The van der Waals surface area contributed by atoms with Crippen molar-refractivity contribution in [2.75, 3.05) is 0 Å². The molecular weight excluding hydrogens is 283 g/mol. The SMILES string of the molecule is Cc1cc(C(C)OP(O)O)c(C(C)(C)C)cc1C(C)(C)C. The van der Waals surface area contributed by atoms with Gasteiger partial charge in [-0.3, -0.25) is 0 Å². The average molecular weight is 312 g/mol. The van der Waals surface area contributed by atoms with Crippen LogP contribution in [0.3, 0.4) is 0 Å². The highest BCUT2D eigenvalue weighted by Crippen LogP contribution is 2.40.